The molecule has 1 aromatic heterocycles. The summed E-state index contributed by atoms with van der Waals surface area (Å²) in [6.07, 6.45) is 1.32. The monoisotopic (exact) mass is 426 g/mol. The Morgan fingerprint density at radius 1 is 1.20 bits per heavy atom. The fourth-order valence-electron chi connectivity index (χ4n) is 2.91. The quantitative estimate of drug-likeness (QED) is 0.442. The SMILES string of the molecule is CC[C@@]1(C#Cc2ccc(C)s2)NC(=O)NC1=O.CCc1ccc(OC)cc1C(C)=O. The van der Waals surface area contributed by atoms with Gasteiger partial charge in [0, 0.05) is 10.4 Å². The van der Waals surface area contributed by atoms with Crippen molar-refractivity contribution in [3.8, 4) is 17.6 Å². The summed E-state index contributed by atoms with van der Waals surface area (Å²) >= 11 is 1.56. The van der Waals surface area contributed by atoms with E-state index >= 15 is 0 Å². The first-order valence-corrected chi connectivity index (χ1v) is 10.5. The van der Waals surface area contributed by atoms with Crippen molar-refractivity contribution in [1.82, 2.24) is 10.6 Å². The number of hydrogen-bond acceptors (Lipinski definition) is 5. The normalized spacial score (nSPS) is 17.1. The minimum Gasteiger partial charge on any atom is -0.497 e. The largest absolute Gasteiger partial charge is 0.497 e. The maximum atomic E-state index is 11.7. The minimum absolute atomic E-state index is 0.0933. The molecule has 3 amide bonds. The molecule has 1 aromatic carbocycles. The van der Waals surface area contributed by atoms with Crippen LogP contribution in [-0.2, 0) is 11.2 Å². The van der Waals surface area contributed by atoms with E-state index in [1.807, 2.05) is 45.0 Å². The van der Waals surface area contributed by atoms with Gasteiger partial charge >= 0.3 is 6.03 Å². The molecular weight excluding hydrogens is 400 g/mol. The Morgan fingerprint density at radius 3 is 2.40 bits per heavy atom. The van der Waals surface area contributed by atoms with Gasteiger partial charge in [0.1, 0.15) is 5.75 Å². The third-order valence-electron chi connectivity index (χ3n) is 4.69. The highest BCUT2D eigenvalue weighted by molar-refractivity contribution is 7.12. The average Bonchev–Trinajstić information content (AvgIpc) is 3.28. The number of nitrogens with one attached hydrogen (secondary N) is 2. The molecular formula is C23H26N2O4S. The van der Waals surface area contributed by atoms with E-state index in [2.05, 4.69) is 22.5 Å². The van der Waals surface area contributed by atoms with Crippen molar-refractivity contribution in [3.63, 3.8) is 0 Å². The van der Waals surface area contributed by atoms with Crippen LogP contribution in [0.3, 0.4) is 0 Å². The molecule has 1 aliphatic rings. The van der Waals surface area contributed by atoms with Gasteiger partial charge in [0.2, 0.25) is 0 Å². The van der Waals surface area contributed by atoms with Gasteiger partial charge in [-0.15, -0.1) is 11.3 Å². The van der Waals surface area contributed by atoms with E-state index in [1.54, 1.807) is 31.4 Å². The standard InChI is InChI=1S/C12H12N2O2S.C11H14O2/c1-3-12(10(15)13-11(16)14-12)7-6-9-5-4-8(2)17-9;1-4-9-5-6-10(13-3)7-11(9)8(2)12/h4-5H,3H2,1-2H3,(H2,13,14,15,16);5-7H,4H2,1-3H3/t12-;/m0./s1. The molecule has 7 heteroatoms. The molecule has 3 rings (SSSR count). The van der Waals surface area contributed by atoms with Gasteiger partial charge in [-0.05, 0) is 56.5 Å². The molecule has 0 spiro atoms. The Balaban J connectivity index is 0.000000222. The van der Waals surface area contributed by atoms with Crippen molar-refractivity contribution < 1.29 is 19.1 Å². The molecule has 2 aromatic rings. The Hall–Kier alpha value is -3.11. The molecule has 158 valence electrons. The van der Waals surface area contributed by atoms with E-state index < -0.39 is 11.6 Å². The highest BCUT2D eigenvalue weighted by atomic mass is 32.1. The maximum absolute atomic E-state index is 11.7. The number of carbonyl (C=O) groups is 3. The summed E-state index contributed by atoms with van der Waals surface area (Å²) < 4.78 is 5.05. The van der Waals surface area contributed by atoms with E-state index in [4.69, 9.17) is 4.74 Å². The lowest BCUT2D eigenvalue weighted by molar-refractivity contribution is -0.122. The van der Waals surface area contributed by atoms with Gasteiger partial charge in [-0.1, -0.05) is 31.8 Å². The second-order valence-corrected chi connectivity index (χ2v) is 8.05. The average molecular weight is 427 g/mol. The third-order valence-corrected chi connectivity index (χ3v) is 5.60. The summed E-state index contributed by atoms with van der Waals surface area (Å²) in [6.45, 7) is 7.43. The van der Waals surface area contributed by atoms with E-state index in [-0.39, 0.29) is 11.7 Å². The first-order valence-electron chi connectivity index (χ1n) is 9.65. The van der Waals surface area contributed by atoms with Gasteiger partial charge in [0.05, 0.1) is 12.0 Å². The predicted molar refractivity (Wildman–Crippen MR) is 118 cm³/mol. The molecule has 2 N–H and O–H groups in total. The summed E-state index contributed by atoms with van der Waals surface area (Å²) in [7, 11) is 1.60. The number of urea groups is 1. The predicted octanol–water partition coefficient (Wildman–Crippen LogP) is 3.86. The number of carbonyl (C=O) groups excluding carboxylic acids is 3. The lowest BCUT2D eigenvalue weighted by Gasteiger charge is -2.16. The van der Waals surface area contributed by atoms with Crippen LogP contribution >= 0.6 is 11.3 Å². The highest BCUT2D eigenvalue weighted by Crippen LogP contribution is 2.19. The lowest BCUT2D eigenvalue weighted by Crippen LogP contribution is -2.44. The van der Waals surface area contributed by atoms with Crippen LogP contribution in [0.1, 0.15) is 52.9 Å². The van der Waals surface area contributed by atoms with Crippen LogP contribution in [-0.4, -0.2) is 30.4 Å². The molecule has 0 unspecified atom stereocenters. The Kier molecular flexibility index (Phi) is 7.79. The molecule has 0 saturated carbocycles. The number of ketones is 1. The van der Waals surface area contributed by atoms with E-state index in [9.17, 15) is 14.4 Å². The van der Waals surface area contributed by atoms with Crippen LogP contribution < -0.4 is 15.4 Å². The number of imide groups is 1. The van der Waals surface area contributed by atoms with E-state index in [0.717, 1.165) is 28.2 Å². The fraction of sp³-hybridized carbons (Fsp3) is 0.348. The minimum atomic E-state index is -1.07. The number of Topliss-reactive ketones (excluding diaryl/α,β-unsaturated/α-hetero) is 1. The number of ether oxygens (including phenoxy) is 1. The van der Waals surface area contributed by atoms with Crippen LogP contribution in [0.15, 0.2) is 30.3 Å². The summed E-state index contributed by atoms with van der Waals surface area (Å²) in [5.74, 6) is 6.28. The molecule has 1 aliphatic heterocycles. The lowest BCUT2D eigenvalue weighted by atomic mass is 9.97. The zero-order valence-corrected chi connectivity index (χ0v) is 18.7. The first kappa shape index (κ1) is 23.2. The maximum Gasteiger partial charge on any atom is 0.323 e. The Morgan fingerprint density at radius 2 is 1.93 bits per heavy atom. The van der Waals surface area contributed by atoms with Gasteiger partial charge in [0.25, 0.3) is 5.91 Å². The van der Waals surface area contributed by atoms with Crippen LogP contribution in [0.5, 0.6) is 5.75 Å². The molecule has 30 heavy (non-hydrogen) atoms. The summed E-state index contributed by atoms with van der Waals surface area (Å²) in [5, 5.41) is 4.79. The van der Waals surface area contributed by atoms with Crippen molar-refractivity contribution in [3.05, 3.63) is 51.2 Å². The van der Waals surface area contributed by atoms with E-state index in [0.29, 0.717) is 6.42 Å². The van der Waals surface area contributed by atoms with Crippen molar-refractivity contribution >= 4 is 29.1 Å². The van der Waals surface area contributed by atoms with Gasteiger partial charge in [0.15, 0.2) is 11.3 Å². The highest BCUT2D eigenvalue weighted by Gasteiger charge is 2.43. The summed E-state index contributed by atoms with van der Waals surface area (Å²) in [6, 6.07) is 9.02. The molecule has 1 atom stereocenters. The van der Waals surface area contributed by atoms with Gasteiger partial charge in [-0.2, -0.15) is 0 Å². The van der Waals surface area contributed by atoms with Crippen LogP contribution in [0, 0.1) is 18.8 Å². The zero-order valence-electron chi connectivity index (χ0n) is 17.8. The molecule has 6 nitrogen and oxygen atoms in total. The number of benzene rings is 1. The second-order valence-electron chi connectivity index (χ2n) is 6.76. The molecule has 2 heterocycles. The van der Waals surface area contributed by atoms with Crippen molar-refractivity contribution in [2.45, 2.75) is 46.1 Å². The Bertz CT molecular complexity index is 1020. The molecule has 0 radical (unpaired) electrons. The number of thiophene rings is 1. The van der Waals surface area contributed by atoms with Crippen molar-refractivity contribution in [2.75, 3.05) is 7.11 Å². The van der Waals surface area contributed by atoms with E-state index in [1.165, 1.54) is 4.88 Å². The third kappa shape index (κ3) is 5.49. The fourth-order valence-corrected chi connectivity index (χ4v) is 3.63. The molecule has 0 bridgehead atoms. The second kappa shape index (κ2) is 10.1. The van der Waals surface area contributed by atoms with Crippen LogP contribution in [0.4, 0.5) is 4.79 Å². The van der Waals surface area contributed by atoms with Crippen molar-refractivity contribution in [2.24, 2.45) is 0 Å². The zero-order chi connectivity index (χ0) is 22.3. The topological polar surface area (TPSA) is 84.5 Å². The number of hydrogen-bond donors (Lipinski definition) is 2. The van der Waals surface area contributed by atoms with Gasteiger partial charge < -0.3 is 10.1 Å². The van der Waals surface area contributed by atoms with Gasteiger partial charge in [-0.3, -0.25) is 14.9 Å². The molecule has 1 saturated heterocycles. The summed E-state index contributed by atoms with van der Waals surface area (Å²) in [5.41, 5.74) is 0.768. The number of amides is 3. The first-order chi connectivity index (χ1) is 14.2. The molecule has 0 aliphatic carbocycles. The number of aryl methyl sites for hydroxylation is 2. The smallest absolute Gasteiger partial charge is 0.323 e. The summed E-state index contributed by atoms with van der Waals surface area (Å²) in [4.78, 5) is 36.1. The van der Waals surface area contributed by atoms with Gasteiger partial charge in [-0.25, -0.2) is 4.79 Å². The van der Waals surface area contributed by atoms with Crippen LogP contribution in [0.25, 0.3) is 0 Å². The number of methoxy groups -OCH3 is 1. The van der Waals surface area contributed by atoms with Crippen LogP contribution in [0.2, 0.25) is 0 Å². The Labute approximate surface area is 181 Å². The van der Waals surface area contributed by atoms with Crippen molar-refractivity contribution in [1.29, 1.82) is 0 Å². The molecule has 1 fully saturated rings. The number of rotatable bonds is 4.